The zero-order chi connectivity index (χ0) is 19.5. The van der Waals surface area contributed by atoms with Crippen LogP contribution in [0, 0.1) is 0 Å². The highest BCUT2D eigenvalue weighted by atomic mass is 15.4. The Balaban J connectivity index is 1.51. The maximum atomic E-state index is 5.02. The Bertz CT molecular complexity index is 1070. The van der Waals surface area contributed by atoms with Gasteiger partial charge >= 0.3 is 0 Å². The first-order chi connectivity index (χ1) is 14.3. The zero-order valence-electron chi connectivity index (χ0n) is 16.3. The van der Waals surface area contributed by atoms with E-state index in [1.165, 1.54) is 11.1 Å². The second kappa shape index (κ2) is 7.51. The van der Waals surface area contributed by atoms with Crippen LogP contribution < -0.4 is 0 Å². The van der Waals surface area contributed by atoms with Gasteiger partial charge in [0.25, 0.3) is 0 Å². The summed E-state index contributed by atoms with van der Waals surface area (Å²) in [5.74, 6) is 0. The van der Waals surface area contributed by atoms with Gasteiger partial charge in [0.05, 0.1) is 18.0 Å². The average molecular weight is 377 g/mol. The summed E-state index contributed by atoms with van der Waals surface area (Å²) in [4.78, 5) is 12.3. The smallest absolute Gasteiger partial charge is 0.153 e. The molecule has 0 radical (unpaired) electrons. The molecule has 1 unspecified atom stereocenters. The van der Waals surface area contributed by atoms with E-state index in [9.17, 15) is 0 Å². The van der Waals surface area contributed by atoms with Crippen molar-refractivity contribution in [1.82, 2.24) is 4.90 Å². The Hall–Kier alpha value is -3.46. The molecule has 3 aromatic rings. The predicted octanol–water partition coefficient (Wildman–Crippen LogP) is 5.01. The number of hydrogen-bond donors (Lipinski definition) is 0. The van der Waals surface area contributed by atoms with Crippen LogP contribution in [0.25, 0.3) is 5.70 Å². The minimum absolute atomic E-state index is 0.195. The van der Waals surface area contributed by atoms with E-state index in [0.717, 1.165) is 36.4 Å². The van der Waals surface area contributed by atoms with Gasteiger partial charge in [-0.2, -0.15) is 0 Å². The van der Waals surface area contributed by atoms with Crippen molar-refractivity contribution in [3.63, 3.8) is 0 Å². The molecule has 2 heterocycles. The van der Waals surface area contributed by atoms with Crippen LogP contribution in [0.5, 0.6) is 0 Å². The maximum Gasteiger partial charge on any atom is 0.153 e. The topological polar surface area (TPSA) is 27.7 Å². The second-order valence-corrected chi connectivity index (χ2v) is 7.68. The zero-order valence-corrected chi connectivity index (χ0v) is 16.3. The Kier molecular flexibility index (Phi) is 4.57. The van der Waals surface area contributed by atoms with Gasteiger partial charge in [-0.1, -0.05) is 91.0 Å². The van der Waals surface area contributed by atoms with Crippen LogP contribution in [0.3, 0.4) is 0 Å². The molecule has 2 aliphatic rings. The van der Waals surface area contributed by atoms with E-state index in [0.29, 0.717) is 0 Å². The van der Waals surface area contributed by atoms with Crippen LogP contribution in [0.1, 0.15) is 16.7 Å². The molecule has 3 heteroatoms. The van der Waals surface area contributed by atoms with E-state index in [1.807, 2.05) is 18.3 Å². The summed E-state index contributed by atoms with van der Waals surface area (Å²) in [5.41, 5.74) is 5.48. The van der Waals surface area contributed by atoms with E-state index in [2.05, 4.69) is 90.0 Å². The lowest BCUT2D eigenvalue weighted by Crippen LogP contribution is -2.20. The third-order valence-electron chi connectivity index (χ3n) is 5.48. The molecule has 3 nitrogen and oxygen atoms in total. The van der Waals surface area contributed by atoms with Crippen molar-refractivity contribution < 1.29 is 0 Å². The van der Waals surface area contributed by atoms with Gasteiger partial charge in [0.15, 0.2) is 5.66 Å². The monoisotopic (exact) mass is 377 g/mol. The van der Waals surface area contributed by atoms with Crippen LogP contribution >= 0.6 is 0 Å². The van der Waals surface area contributed by atoms with Crippen LogP contribution in [0.15, 0.2) is 107 Å². The first-order valence-corrected chi connectivity index (χ1v) is 10.1. The average Bonchev–Trinajstić information content (AvgIpc) is 3.43. The maximum absolute atomic E-state index is 5.02. The van der Waals surface area contributed by atoms with E-state index < -0.39 is 0 Å². The number of nitrogens with zero attached hydrogens (tertiary/aromatic N) is 3. The first kappa shape index (κ1) is 17.6. The van der Waals surface area contributed by atoms with Gasteiger partial charge in [0.1, 0.15) is 0 Å². The molecule has 2 aliphatic heterocycles. The third kappa shape index (κ3) is 3.90. The summed E-state index contributed by atoms with van der Waals surface area (Å²) >= 11 is 0. The van der Waals surface area contributed by atoms with Crippen molar-refractivity contribution in [2.24, 2.45) is 9.98 Å². The molecule has 142 valence electrons. The van der Waals surface area contributed by atoms with E-state index in [4.69, 9.17) is 9.98 Å². The fraction of sp³-hybridized carbons (Fsp3) is 0.154. The molecule has 0 aliphatic carbocycles. The van der Waals surface area contributed by atoms with Gasteiger partial charge in [-0.3, -0.25) is 4.99 Å². The molecule has 0 spiro atoms. The molecular formula is C26H23N3. The van der Waals surface area contributed by atoms with Crippen LogP contribution in [0.4, 0.5) is 0 Å². The number of hydrogen-bond acceptors (Lipinski definition) is 3. The third-order valence-corrected chi connectivity index (χ3v) is 5.48. The van der Waals surface area contributed by atoms with Gasteiger partial charge in [-0.05, 0) is 11.1 Å². The van der Waals surface area contributed by atoms with Crippen molar-refractivity contribution in [3.8, 4) is 0 Å². The fourth-order valence-corrected chi connectivity index (χ4v) is 3.84. The van der Waals surface area contributed by atoms with Gasteiger partial charge in [0, 0.05) is 30.8 Å². The number of benzene rings is 3. The van der Waals surface area contributed by atoms with Crippen LogP contribution in [-0.2, 0) is 12.8 Å². The van der Waals surface area contributed by atoms with Gasteiger partial charge < -0.3 is 4.90 Å². The van der Waals surface area contributed by atoms with Gasteiger partial charge in [0.2, 0.25) is 0 Å². The summed E-state index contributed by atoms with van der Waals surface area (Å²) in [6.45, 7) is 0.920. The highest BCUT2D eigenvalue weighted by Gasteiger charge is 2.50. The SMILES string of the molecule is C1=NC2(Cc3ccccc3)CN2C=C(c2ccccc2)N=C1Cc1ccccc1. The fourth-order valence-electron chi connectivity index (χ4n) is 3.84. The lowest BCUT2D eigenvalue weighted by atomic mass is 10.1. The summed E-state index contributed by atoms with van der Waals surface area (Å²) in [6.07, 6.45) is 5.85. The normalized spacial score (nSPS) is 20.2. The van der Waals surface area contributed by atoms with Crippen molar-refractivity contribution >= 4 is 17.6 Å². The number of rotatable bonds is 5. The van der Waals surface area contributed by atoms with E-state index in [1.54, 1.807) is 0 Å². The van der Waals surface area contributed by atoms with Gasteiger partial charge in [-0.15, -0.1) is 0 Å². The van der Waals surface area contributed by atoms with Crippen molar-refractivity contribution in [1.29, 1.82) is 0 Å². The molecule has 0 N–H and O–H groups in total. The largest absolute Gasteiger partial charge is 0.345 e. The number of fused-ring (bicyclic) bond motifs is 1. The molecule has 29 heavy (non-hydrogen) atoms. The Morgan fingerprint density at radius 1 is 0.759 bits per heavy atom. The Morgan fingerprint density at radius 3 is 2.07 bits per heavy atom. The molecule has 1 saturated heterocycles. The molecule has 0 aromatic heterocycles. The van der Waals surface area contributed by atoms with E-state index in [-0.39, 0.29) is 5.66 Å². The summed E-state index contributed by atoms with van der Waals surface area (Å²) in [7, 11) is 0. The minimum Gasteiger partial charge on any atom is -0.345 e. The molecule has 5 rings (SSSR count). The van der Waals surface area contributed by atoms with Crippen LogP contribution in [-0.4, -0.2) is 29.0 Å². The number of aliphatic imine (C=N–C) groups is 2. The predicted molar refractivity (Wildman–Crippen MR) is 120 cm³/mol. The van der Waals surface area contributed by atoms with Crippen LogP contribution in [0.2, 0.25) is 0 Å². The lowest BCUT2D eigenvalue weighted by molar-refractivity contribution is 0.512. The van der Waals surface area contributed by atoms with Crippen molar-refractivity contribution in [2.75, 3.05) is 6.54 Å². The minimum atomic E-state index is -0.195. The molecule has 3 aromatic carbocycles. The Morgan fingerprint density at radius 2 is 1.38 bits per heavy atom. The molecule has 1 fully saturated rings. The standard InChI is InChI=1S/C26H23N3/c1-4-10-21(11-5-1)16-24-18-27-26(17-22-12-6-2-7-13-22)20-29(26)19-25(28-24)23-14-8-3-9-15-23/h1-15,18-19H,16-17,20H2. The molecule has 1 atom stereocenters. The molecule has 0 saturated carbocycles. The van der Waals surface area contributed by atoms with Crippen molar-refractivity contribution in [3.05, 3.63) is 114 Å². The highest BCUT2D eigenvalue weighted by Crippen LogP contribution is 2.40. The first-order valence-electron chi connectivity index (χ1n) is 10.1. The van der Waals surface area contributed by atoms with Crippen molar-refractivity contribution in [2.45, 2.75) is 18.5 Å². The van der Waals surface area contributed by atoms with E-state index >= 15 is 0 Å². The summed E-state index contributed by atoms with van der Waals surface area (Å²) in [6, 6.07) is 31.5. The second-order valence-electron chi connectivity index (χ2n) is 7.68. The summed E-state index contributed by atoms with van der Waals surface area (Å²) < 4.78 is 0. The van der Waals surface area contributed by atoms with Gasteiger partial charge in [-0.25, -0.2) is 4.99 Å². The Labute approximate surface area is 171 Å². The molecule has 0 bridgehead atoms. The quantitative estimate of drug-likeness (QED) is 0.575. The molecular weight excluding hydrogens is 354 g/mol. The highest BCUT2D eigenvalue weighted by molar-refractivity contribution is 6.32. The lowest BCUT2D eigenvalue weighted by Gasteiger charge is -2.16. The summed E-state index contributed by atoms with van der Waals surface area (Å²) in [5, 5.41) is 0. The molecule has 0 amide bonds.